The summed E-state index contributed by atoms with van der Waals surface area (Å²) in [6.45, 7) is 5.19. The second kappa shape index (κ2) is 6.18. The van der Waals surface area contributed by atoms with E-state index in [1.54, 1.807) is 32.9 Å². The van der Waals surface area contributed by atoms with E-state index in [1.165, 1.54) is 12.1 Å². The largest absolute Gasteiger partial charge is 0.478 e. The van der Waals surface area contributed by atoms with Crippen LogP contribution in [0.3, 0.4) is 0 Å². The Morgan fingerprint density at radius 3 is 2.55 bits per heavy atom. The quantitative estimate of drug-likeness (QED) is 0.652. The van der Waals surface area contributed by atoms with Gasteiger partial charge >= 0.3 is 12.1 Å². The number of aliphatic imine (C=N–C) groups is 1. The fourth-order valence-corrected chi connectivity index (χ4v) is 1.46. The summed E-state index contributed by atoms with van der Waals surface area (Å²) in [6.07, 6.45) is -0.579. The molecule has 0 bridgehead atoms. The fraction of sp³-hybridized carbons (Fsp3) is 0.357. The third-order valence-electron chi connectivity index (χ3n) is 2.19. The highest BCUT2D eigenvalue weighted by molar-refractivity contribution is 5.92. The molecule has 0 saturated carbocycles. The first-order valence-electron chi connectivity index (χ1n) is 6.05. The zero-order chi connectivity index (χ0) is 15.3. The molecule has 3 N–H and O–H groups in total. The van der Waals surface area contributed by atoms with Crippen LogP contribution in [0.15, 0.2) is 29.3 Å². The normalized spacial score (nSPS) is 12.1. The molecule has 20 heavy (non-hydrogen) atoms. The summed E-state index contributed by atoms with van der Waals surface area (Å²) in [7, 11) is 0. The summed E-state index contributed by atoms with van der Waals surface area (Å²) < 4.78 is 5.01. The number of amides is 1. The van der Waals surface area contributed by atoms with Gasteiger partial charge in [-0.3, -0.25) is 0 Å². The van der Waals surface area contributed by atoms with Crippen molar-refractivity contribution in [1.82, 2.24) is 0 Å². The maximum Gasteiger partial charge on any atom is 0.435 e. The summed E-state index contributed by atoms with van der Waals surface area (Å²) in [5, 5.41) is 8.88. The molecule has 0 radical (unpaired) electrons. The summed E-state index contributed by atoms with van der Waals surface area (Å²) in [4.78, 5) is 25.9. The molecular weight excluding hydrogens is 260 g/mol. The summed E-state index contributed by atoms with van der Waals surface area (Å²) in [5.74, 6) is -0.948. The van der Waals surface area contributed by atoms with Crippen LogP contribution in [0.4, 0.5) is 4.79 Å². The maximum atomic E-state index is 11.5. The summed E-state index contributed by atoms with van der Waals surface area (Å²) in [5.41, 5.74) is 5.84. The van der Waals surface area contributed by atoms with E-state index in [2.05, 4.69) is 4.99 Å². The van der Waals surface area contributed by atoms with Crippen molar-refractivity contribution in [2.75, 3.05) is 0 Å². The molecule has 108 valence electrons. The number of rotatable bonds is 3. The van der Waals surface area contributed by atoms with Crippen molar-refractivity contribution < 1.29 is 19.4 Å². The van der Waals surface area contributed by atoms with Crippen molar-refractivity contribution in [3.8, 4) is 0 Å². The fourth-order valence-electron chi connectivity index (χ4n) is 1.46. The number of hydrogen-bond acceptors (Lipinski definition) is 3. The van der Waals surface area contributed by atoms with Crippen LogP contribution < -0.4 is 5.73 Å². The van der Waals surface area contributed by atoms with Crippen LogP contribution in [0.2, 0.25) is 0 Å². The van der Waals surface area contributed by atoms with Crippen molar-refractivity contribution in [1.29, 1.82) is 0 Å². The van der Waals surface area contributed by atoms with Crippen molar-refractivity contribution in [3.05, 3.63) is 35.4 Å². The minimum atomic E-state index is -1.02. The van der Waals surface area contributed by atoms with Crippen LogP contribution in [0.5, 0.6) is 0 Å². The molecule has 0 aliphatic heterocycles. The molecule has 0 spiro atoms. The molecule has 1 aromatic carbocycles. The van der Waals surface area contributed by atoms with Gasteiger partial charge in [0.2, 0.25) is 0 Å². The van der Waals surface area contributed by atoms with Gasteiger partial charge < -0.3 is 15.6 Å². The molecule has 0 aliphatic rings. The average molecular weight is 278 g/mol. The lowest BCUT2D eigenvalue weighted by Crippen LogP contribution is -2.24. The van der Waals surface area contributed by atoms with Crippen molar-refractivity contribution in [2.24, 2.45) is 10.7 Å². The van der Waals surface area contributed by atoms with Crippen molar-refractivity contribution >= 4 is 17.9 Å². The topological polar surface area (TPSA) is 102 Å². The Morgan fingerprint density at radius 1 is 1.35 bits per heavy atom. The summed E-state index contributed by atoms with van der Waals surface area (Å²) >= 11 is 0. The number of ether oxygens (including phenoxy) is 1. The second-order valence-electron chi connectivity index (χ2n) is 5.27. The van der Waals surface area contributed by atoms with Crippen LogP contribution in [0.1, 0.15) is 36.7 Å². The molecular formula is C14H18N2O4. The molecule has 1 rings (SSSR count). The predicted octanol–water partition coefficient (Wildman–Crippen LogP) is 2.22. The Bertz CT molecular complexity index is 544. The van der Waals surface area contributed by atoms with Gasteiger partial charge in [0.25, 0.3) is 0 Å². The Balaban J connectivity index is 2.75. The molecule has 0 atom stereocenters. The van der Waals surface area contributed by atoms with Gasteiger partial charge in [0, 0.05) is 6.42 Å². The number of hydrogen-bond donors (Lipinski definition) is 2. The van der Waals surface area contributed by atoms with E-state index in [4.69, 9.17) is 15.6 Å². The Hall–Kier alpha value is -2.37. The summed E-state index contributed by atoms with van der Waals surface area (Å²) in [6, 6.07) is 6.29. The van der Waals surface area contributed by atoms with Gasteiger partial charge in [0.05, 0.1) is 5.56 Å². The SMILES string of the molecule is CC(C)(C)OC(=O)/N=C(\N)Cc1cccc(C(=O)O)c1. The zero-order valence-corrected chi connectivity index (χ0v) is 11.7. The first-order chi connectivity index (χ1) is 9.17. The molecule has 0 aromatic heterocycles. The number of benzene rings is 1. The molecule has 6 heteroatoms. The van der Waals surface area contributed by atoms with E-state index < -0.39 is 17.7 Å². The molecule has 0 aliphatic carbocycles. The lowest BCUT2D eigenvalue weighted by Gasteiger charge is -2.17. The van der Waals surface area contributed by atoms with E-state index >= 15 is 0 Å². The second-order valence-corrected chi connectivity index (χ2v) is 5.27. The smallest absolute Gasteiger partial charge is 0.435 e. The van der Waals surface area contributed by atoms with Crippen molar-refractivity contribution in [2.45, 2.75) is 32.8 Å². The van der Waals surface area contributed by atoms with Crippen LogP contribution in [0.25, 0.3) is 0 Å². The number of nitrogens with zero attached hydrogens (tertiary/aromatic N) is 1. The number of carbonyl (C=O) groups excluding carboxylic acids is 1. The van der Waals surface area contributed by atoms with Gasteiger partial charge in [-0.05, 0) is 38.5 Å². The minimum Gasteiger partial charge on any atom is -0.478 e. The number of carbonyl (C=O) groups is 2. The zero-order valence-electron chi connectivity index (χ0n) is 11.7. The van der Waals surface area contributed by atoms with Crippen LogP contribution in [-0.2, 0) is 11.2 Å². The van der Waals surface area contributed by atoms with E-state index in [-0.39, 0.29) is 17.8 Å². The Morgan fingerprint density at radius 2 is 2.00 bits per heavy atom. The van der Waals surface area contributed by atoms with E-state index in [0.29, 0.717) is 5.56 Å². The number of carboxylic acid groups (broad SMARTS) is 1. The van der Waals surface area contributed by atoms with Gasteiger partial charge in [0.15, 0.2) is 0 Å². The first kappa shape index (κ1) is 15.7. The Labute approximate surface area is 117 Å². The highest BCUT2D eigenvalue weighted by atomic mass is 16.6. The van der Waals surface area contributed by atoms with Crippen LogP contribution in [-0.4, -0.2) is 28.6 Å². The molecule has 1 aromatic rings. The molecule has 0 fully saturated rings. The molecule has 0 heterocycles. The van der Waals surface area contributed by atoms with Gasteiger partial charge in [-0.2, -0.15) is 4.99 Å². The van der Waals surface area contributed by atoms with Gasteiger partial charge in [0.1, 0.15) is 11.4 Å². The van der Waals surface area contributed by atoms with Gasteiger partial charge in [-0.15, -0.1) is 0 Å². The predicted molar refractivity (Wildman–Crippen MR) is 75.0 cm³/mol. The monoisotopic (exact) mass is 278 g/mol. The third-order valence-corrected chi connectivity index (χ3v) is 2.19. The molecule has 6 nitrogen and oxygen atoms in total. The van der Waals surface area contributed by atoms with Crippen molar-refractivity contribution in [3.63, 3.8) is 0 Å². The van der Waals surface area contributed by atoms with E-state index in [9.17, 15) is 9.59 Å². The van der Waals surface area contributed by atoms with Crippen LogP contribution in [0, 0.1) is 0 Å². The van der Waals surface area contributed by atoms with E-state index in [1.807, 2.05) is 0 Å². The third kappa shape index (κ3) is 5.51. The Kier molecular flexibility index (Phi) is 4.85. The maximum absolute atomic E-state index is 11.5. The number of nitrogens with two attached hydrogens (primary N) is 1. The van der Waals surface area contributed by atoms with Gasteiger partial charge in [-0.25, -0.2) is 9.59 Å². The number of carboxylic acids is 1. The minimum absolute atomic E-state index is 0.0711. The van der Waals surface area contributed by atoms with Gasteiger partial charge in [-0.1, -0.05) is 12.1 Å². The lowest BCUT2D eigenvalue weighted by molar-refractivity contribution is 0.0602. The number of amidine groups is 1. The molecule has 1 amide bonds. The molecule has 0 unspecified atom stereocenters. The first-order valence-corrected chi connectivity index (χ1v) is 6.05. The van der Waals surface area contributed by atoms with Crippen LogP contribution >= 0.6 is 0 Å². The highest BCUT2D eigenvalue weighted by Gasteiger charge is 2.16. The standard InChI is InChI=1S/C14H18N2O4/c1-14(2,3)20-13(19)16-11(15)8-9-5-4-6-10(7-9)12(17)18/h4-7H,8H2,1-3H3,(H,17,18)(H2,15,16,19). The average Bonchev–Trinajstić information content (AvgIpc) is 2.25. The highest BCUT2D eigenvalue weighted by Crippen LogP contribution is 2.09. The molecule has 0 saturated heterocycles. The number of aromatic carboxylic acids is 1. The van der Waals surface area contributed by atoms with E-state index in [0.717, 1.165) is 0 Å². The lowest BCUT2D eigenvalue weighted by atomic mass is 10.1.